The molecule has 2 rings (SSSR count). The van der Waals surface area contributed by atoms with Crippen LogP contribution in [0.15, 0.2) is 66.4 Å². The Hall–Kier alpha value is -3.88. The molecule has 0 aliphatic carbocycles. The number of thiocarbonyl (C=S) groups is 1. The molecule has 26 heavy (non-hydrogen) atoms. The molecule has 0 heterocycles. The minimum atomic E-state index is -0.436. The molecular formula is C18H14N6OS. The van der Waals surface area contributed by atoms with Gasteiger partial charge >= 0.3 is 0 Å². The molecule has 0 spiro atoms. The topological polar surface area (TPSA) is 113 Å². The number of carbonyl (C=O) groups excluding carboxylic acids is 1. The van der Waals surface area contributed by atoms with Crippen molar-refractivity contribution in [1.29, 1.82) is 10.5 Å². The summed E-state index contributed by atoms with van der Waals surface area (Å²) >= 11 is 5.12. The summed E-state index contributed by atoms with van der Waals surface area (Å²) < 4.78 is 0. The van der Waals surface area contributed by atoms with Crippen molar-refractivity contribution in [3.8, 4) is 12.1 Å². The standard InChI is InChI=1S/C18H14N6OS/c19-10-13(11-20)12-21-16-9-5-4-8-15(16)17(25)23-24-18(26)22-14-6-2-1-3-7-14/h1-9,12,21H,(H,23,25)(H2,22,24,26). The van der Waals surface area contributed by atoms with Gasteiger partial charge in [0, 0.05) is 11.9 Å². The summed E-state index contributed by atoms with van der Waals surface area (Å²) in [4.78, 5) is 12.4. The van der Waals surface area contributed by atoms with Gasteiger partial charge in [0.05, 0.1) is 11.3 Å². The first-order valence-corrected chi connectivity index (χ1v) is 7.83. The summed E-state index contributed by atoms with van der Waals surface area (Å²) in [7, 11) is 0. The fourth-order valence-corrected chi connectivity index (χ4v) is 2.08. The average molecular weight is 362 g/mol. The quantitative estimate of drug-likeness (QED) is 0.376. The molecular weight excluding hydrogens is 348 g/mol. The van der Waals surface area contributed by atoms with Gasteiger partial charge in [0.2, 0.25) is 0 Å². The zero-order valence-electron chi connectivity index (χ0n) is 13.5. The first-order chi connectivity index (χ1) is 12.6. The molecule has 2 aromatic rings. The number of hydrogen-bond donors (Lipinski definition) is 4. The maximum absolute atomic E-state index is 12.4. The number of amides is 1. The largest absolute Gasteiger partial charge is 0.359 e. The van der Waals surface area contributed by atoms with Gasteiger partial charge in [-0.3, -0.25) is 15.6 Å². The summed E-state index contributed by atoms with van der Waals surface area (Å²) in [5, 5.41) is 23.4. The number of nitrogens with one attached hydrogen (secondary N) is 4. The molecule has 7 nitrogen and oxygen atoms in total. The SMILES string of the molecule is N#CC(C#N)=CNc1ccccc1C(=O)NNC(=S)Nc1ccccc1. The first-order valence-electron chi connectivity index (χ1n) is 7.42. The van der Waals surface area contributed by atoms with Crippen LogP contribution >= 0.6 is 12.2 Å². The van der Waals surface area contributed by atoms with Crippen LogP contribution in [0.25, 0.3) is 0 Å². The van der Waals surface area contributed by atoms with Crippen molar-refractivity contribution in [2.75, 3.05) is 10.6 Å². The maximum atomic E-state index is 12.4. The lowest BCUT2D eigenvalue weighted by molar-refractivity contribution is 0.0945. The Balaban J connectivity index is 1.99. The molecule has 0 aliphatic heterocycles. The van der Waals surface area contributed by atoms with E-state index in [1.54, 1.807) is 36.4 Å². The van der Waals surface area contributed by atoms with Crippen LogP contribution in [0.3, 0.4) is 0 Å². The molecule has 0 radical (unpaired) electrons. The lowest BCUT2D eigenvalue weighted by Crippen LogP contribution is -2.43. The monoisotopic (exact) mass is 362 g/mol. The Morgan fingerprint density at radius 1 is 0.962 bits per heavy atom. The second-order valence-electron chi connectivity index (χ2n) is 4.87. The summed E-state index contributed by atoms with van der Waals surface area (Å²) in [6.45, 7) is 0. The van der Waals surface area contributed by atoms with E-state index in [2.05, 4.69) is 21.5 Å². The number of anilines is 2. The van der Waals surface area contributed by atoms with Gasteiger partial charge in [-0.05, 0) is 36.5 Å². The predicted octanol–water partition coefficient (Wildman–Crippen LogP) is 2.66. The van der Waals surface area contributed by atoms with Crippen LogP contribution in [0, 0.1) is 22.7 Å². The Kier molecular flexibility index (Phi) is 6.69. The Labute approximate surface area is 155 Å². The van der Waals surface area contributed by atoms with E-state index < -0.39 is 5.91 Å². The van der Waals surface area contributed by atoms with E-state index in [1.165, 1.54) is 6.20 Å². The van der Waals surface area contributed by atoms with Crippen LogP contribution in [0.4, 0.5) is 11.4 Å². The third kappa shape index (κ3) is 5.34. The summed E-state index contributed by atoms with van der Waals surface area (Å²) in [5.41, 5.74) is 6.54. The van der Waals surface area contributed by atoms with Crippen LogP contribution in [0.2, 0.25) is 0 Å². The van der Waals surface area contributed by atoms with Crippen LogP contribution in [0.1, 0.15) is 10.4 Å². The number of hydrazine groups is 1. The van der Waals surface area contributed by atoms with Crippen LogP contribution in [-0.2, 0) is 0 Å². The second kappa shape index (κ2) is 9.42. The van der Waals surface area contributed by atoms with Crippen molar-refractivity contribution < 1.29 is 4.79 Å². The number of rotatable bonds is 4. The molecule has 128 valence electrons. The molecule has 0 atom stereocenters. The number of hydrogen-bond acceptors (Lipinski definition) is 5. The maximum Gasteiger partial charge on any atom is 0.271 e. The van der Waals surface area contributed by atoms with E-state index in [4.69, 9.17) is 22.7 Å². The zero-order chi connectivity index (χ0) is 18.8. The van der Waals surface area contributed by atoms with Gasteiger partial charge in [0.25, 0.3) is 5.91 Å². The highest BCUT2D eigenvalue weighted by Gasteiger charge is 2.10. The van der Waals surface area contributed by atoms with Crippen molar-refractivity contribution in [3.05, 3.63) is 71.9 Å². The number of allylic oxidation sites excluding steroid dienone is 1. The fourth-order valence-electron chi connectivity index (χ4n) is 1.91. The van der Waals surface area contributed by atoms with Crippen LogP contribution in [-0.4, -0.2) is 11.0 Å². The lowest BCUT2D eigenvalue weighted by Gasteiger charge is -2.13. The highest BCUT2D eigenvalue weighted by Crippen LogP contribution is 2.15. The first kappa shape index (κ1) is 18.5. The Morgan fingerprint density at radius 3 is 2.31 bits per heavy atom. The molecule has 8 heteroatoms. The number of para-hydroxylation sites is 2. The summed E-state index contributed by atoms with van der Waals surface area (Å²) in [6.07, 6.45) is 1.24. The molecule has 0 saturated carbocycles. The smallest absolute Gasteiger partial charge is 0.271 e. The highest BCUT2D eigenvalue weighted by molar-refractivity contribution is 7.80. The van der Waals surface area contributed by atoms with Crippen molar-refractivity contribution in [2.45, 2.75) is 0 Å². The van der Waals surface area contributed by atoms with E-state index in [-0.39, 0.29) is 10.7 Å². The van der Waals surface area contributed by atoms with Crippen molar-refractivity contribution >= 4 is 34.6 Å². The molecule has 4 N–H and O–H groups in total. The molecule has 0 saturated heterocycles. The second-order valence-corrected chi connectivity index (χ2v) is 5.28. The van der Waals surface area contributed by atoms with E-state index in [0.29, 0.717) is 11.3 Å². The molecule has 1 amide bonds. The van der Waals surface area contributed by atoms with Crippen LogP contribution < -0.4 is 21.5 Å². The minimum absolute atomic E-state index is 0.105. The van der Waals surface area contributed by atoms with Gasteiger partial charge in [-0.25, -0.2) is 0 Å². The molecule has 2 aromatic carbocycles. The molecule has 0 fully saturated rings. The average Bonchev–Trinajstić information content (AvgIpc) is 2.68. The Bertz CT molecular complexity index is 895. The predicted molar refractivity (Wildman–Crippen MR) is 103 cm³/mol. The van der Waals surface area contributed by atoms with Crippen molar-refractivity contribution in [3.63, 3.8) is 0 Å². The molecule has 0 bridgehead atoms. The van der Waals surface area contributed by atoms with E-state index in [1.807, 2.05) is 30.3 Å². The van der Waals surface area contributed by atoms with Gasteiger partial charge in [0.1, 0.15) is 17.7 Å². The number of benzene rings is 2. The van der Waals surface area contributed by atoms with E-state index in [0.717, 1.165) is 5.69 Å². The minimum Gasteiger partial charge on any atom is -0.359 e. The van der Waals surface area contributed by atoms with Gasteiger partial charge in [-0.2, -0.15) is 10.5 Å². The number of carbonyl (C=O) groups is 1. The molecule has 0 aromatic heterocycles. The number of nitrogens with zero attached hydrogens (tertiary/aromatic N) is 2. The molecule has 0 aliphatic rings. The normalized spacial score (nSPS) is 9.00. The number of nitriles is 2. The van der Waals surface area contributed by atoms with Gasteiger partial charge in [-0.1, -0.05) is 30.3 Å². The lowest BCUT2D eigenvalue weighted by atomic mass is 10.1. The van der Waals surface area contributed by atoms with Gasteiger partial charge < -0.3 is 10.6 Å². The summed E-state index contributed by atoms with van der Waals surface area (Å²) in [5.74, 6) is -0.436. The van der Waals surface area contributed by atoms with Gasteiger partial charge in [0.15, 0.2) is 5.11 Å². The summed E-state index contributed by atoms with van der Waals surface area (Å²) in [6, 6.07) is 19.4. The van der Waals surface area contributed by atoms with Crippen molar-refractivity contribution in [2.24, 2.45) is 0 Å². The molecule has 0 unspecified atom stereocenters. The van der Waals surface area contributed by atoms with E-state index in [9.17, 15) is 4.79 Å². The third-order valence-electron chi connectivity index (χ3n) is 3.11. The van der Waals surface area contributed by atoms with E-state index >= 15 is 0 Å². The van der Waals surface area contributed by atoms with Crippen LogP contribution in [0.5, 0.6) is 0 Å². The van der Waals surface area contributed by atoms with Crippen molar-refractivity contribution in [1.82, 2.24) is 10.9 Å². The van der Waals surface area contributed by atoms with Gasteiger partial charge in [-0.15, -0.1) is 0 Å². The highest BCUT2D eigenvalue weighted by atomic mass is 32.1. The Morgan fingerprint density at radius 2 is 1.62 bits per heavy atom. The third-order valence-corrected chi connectivity index (χ3v) is 3.31. The fraction of sp³-hybridized carbons (Fsp3) is 0. The zero-order valence-corrected chi connectivity index (χ0v) is 14.3.